The fraction of sp³-hybridized carbons (Fsp3) is 0.857. The Labute approximate surface area is 101 Å². The topological polar surface area (TPSA) is 15.3 Å². The molecule has 1 rings (SSSR count). The van der Waals surface area contributed by atoms with Crippen molar-refractivity contribution < 1.29 is 0 Å². The predicted octanol–water partition coefficient (Wildman–Crippen LogP) is 2.52. The van der Waals surface area contributed by atoms with Crippen LogP contribution in [0.4, 0.5) is 0 Å². The summed E-state index contributed by atoms with van der Waals surface area (Å²) in [6.45, 7) is 18.9. The smallest absolute Gasteiger partial charge is 0.0187 e. The van der Waals surface area contributed by atoms with Gasteiger partial charge >= 0.3 is 0 Å². The molecule has 0 aliphatic carbocycles. The average Bonchev–Trinajstić information content (AvgIpc) is 2.66. The van der Waals surface area contributed by atoms with Crippen LogP contribution in [0, 0.1) is 11.3 Å². The molecule has 0 aromatic heterocycles. The highest BCUT2D eigenvalue weighted by Gasteiger charge is 2.37. The molecule has 0 radical (unpaired) electrons. The monoisotopic (exact) mass is 224 g/mol. The summed E-state index contributed by atoms with van der Waals surface area (Å²) in [5, 5.41) is 3.53. The first kappa shape index (κ1) is 13.7. The third-order valence-electron chi connectivity index (χ3n) is 3.98. The second-order valence-electron chi connectivity index (χ2n) is 5.70. The van der Waals surface area contributed by atoms with E-state index in [0.29, 0.717) is 5.41 Å². The number of likely N-dealkylation sites (N-methyl/N-ethyl adjacent to an activating group) is 1. The molecule has 1 fully saturated rings. The molecule has 0 amide bonds. The lowest BCUT2D eigenvalue weighted by molar-refractivity contribution is 0.128. The number of hydrogen-bond donors (Lipinski definition) is 1. The Morgan fingerprint density at radius 3 is 2.56 bits per heavy atom. The fourth-order valence-electron chi connectivity index (χ4n) is 2.68. The van der Waals surface area contributed by atoms with E-state index in [1.807, 2.05) is 0 Å². The molecule has 0 spiro atoms. The maximum Gasteiger partial charge on any atom is 0.0187 e. The summed E-state index contributed by atoms with van der Waals surface area (Å²) in [5.41, 5.74) is 1.75. The molecule has 1 atom stereocenters. The highest BCUT2D eigenvalue weighted by molar-refractivity contribution is 4.97. The Hall–Kier alpha value is -0.340. The van der Waals surface area contributed by atoms with Gasteiger partial charge < -0.3 is 5.32 Å². The van der Waals surface area contributed by atoms with Crippen LogP contribution in [-0.4, -0.2) is 37.6 Å². The summed E-state index contributed by atoms with van der Waals surface area (Å²) in [7, 11) is 0. The summed E-state index contributed by atoms with van der Waals surface area (Å²) in [6, 6.07) is 0. The van der Waals surface area contributed by atoms with Crippen LogP contribution in [0.1, 0.15) is 34.1 Å². The summed E-state index contributed by atoms with van der Waals surface area (Å²) >= 11 is 0. The maximum absolute atomic E-state index is 4.03. The second-order valence-corrected chi connectivity index (χ2v) is 5.70. The molecule has 0 saturated carbocycles. The number of hydrogen-bond acceptors (Lipinski definition) is 2. The summed E-state index contributed by atoms with van der Waals surface area (Å²) in [4.78, 5) is 2.54. The fourth-order valence-corrected chi connectivity index (χ4v) is 2.68. The Morgan fingerprint density at radius 2 is 2.19 bits per heavy atom. The van der Waals surface area contributed by atoms with E-state index in [0.717, 1.165) is 19.0 Å². The third kappa shape index (κ3) is 3.33. The van der Waals surface area contributed by atoms with Crippen molar-refractivity contribution in [3.8, 4) is 0 Å². The van der Waals surface area contributed by atoms with Crippen LogP contribution in [0.2, 0.25) is 0 Å². The minimum absolute atomic E-state index is 0.478. The standard InChI is InChI=1S/C14H28N2/c1-6-16(9-12(2)3)11-14(13(4)5)7-8-15-10-14/h13,15H,2,6-11H2,1,3-5H3. The van der Waals surface area contributed by atoms with E-state index in [-0.39, 0.29) is 0 Å². The van der Waals surface area contributed by atoms with E-state index < -0.39 is 0 Å². The van der Waals surface area contributed by atoms with E-state index in [2.05, 4.69) is 44.5 Å². The number of nitrogens with zero attached hydrogens (tertiary/aromatic N) is 1. The molecule has 1 heterocycles. The van der Waals surface area contributed by atoms with E-state index in [9.17, 15) is 0 Å². The van der Waals surface area contributed by atoms with Gasteiger partial charge in [-0.25, -0.2) is 0 Å². The summed E-state index contributed by atoms with van der Waals surface area (Å²) in [5.74, 6) is 0.752. The highest BCUT2D eigenvalue weighted by atomic mass is 15.1. The first-order valence-corrected chi connectivity index (χ1v) is 6.57. The van der Waals surface area contributed by atoms with E-state index >= 15 is 0 Å². The van der Waals surface area contributed by atoms with Gasteiger partial charge in [-0.15, -0.1) is 0 Å². The lowest BCUT2D eigenvalue weighted by Crippen LogP contribution is -2.43. The molecule has 2 nitrogen and oxygen atoms in total. The first-order chi connectivity index (χ1) is 7.50. The van der Waals surface area contributed by atoms with E-state index in [1.54, 1.807) is 0 Å². The minimum atomic E-state index is 0.478. The number of nitrogens with one attached hydrogen (secondary N) is 1. The molecule has 16 heavy (non-hydrogen) atoms. The molecule has 0 bridgehead atoms. The molecule has 1 aliphatic heterocycles. The zero-order valence-corrected chi connectivity index (χ0v) is 11.5. The Morgan fingerprint density at radius 1 is 1.50 bits per heavy atom. The third-order valence-corrected chi connectivity index (χ3v) is 3.98. The molecule has 1 unspecified atom stereocenters. The normalized spacial score (nSPS) is 25.6. The summed E-state index contributed by atoms with van der Waals surface area (Å²) < 4.78 is 0. The van der Waals surface area contributed by atoms with Gasteiger partial charge in [-0.2, -0.15) is 0 Å². The number of rotatable bonds is 6. The van der Waals surface area contributed by atoms with Crippen LogP contribution in [0.25, 0.3) is 0 Å². The zero-order valence-electron chi connectivity index (χ0n) is 11.5. The molecule has 2 heteroatoms. The van der Waals surface area contributed by atoms with Gasteiger partial charge in [0.1, 0.15) is 0 Å². The Bertz CT molecular complexity index is 227. The van der Waals surface area contributed by atoms with Crippen LogP contribution in [0.15, 0.2) is 12.2 Å². The SMILES string of the molecule is C=C(C)CN(CC)CC1(C(C)C)CCNC1. The van der Waals surface area contributed by atoms with Gasteiger partial charge in [0.15, 0.2) is 0 Å². The summed E-state index contributed by atoms with van der Waals surface area (Å²) in [6.07, 6.45) is 1.32. The van der Waals surface area contributed by atoms with Crippen molar-refractivity contribution in [3.05, 3.63) is 12.2 Å². The van der Waals surface area contributed by atoms with Gasteiger partial charge in [-0.1, -0.05) is 32.9 Å². The van der Waals surface area contributed by atoms with E-state index in [4.69, 9.17) is 0 Å². The van der Waals surface area contributed by atoms with Gasteiger partial charge in [-0.05, 0) is 37.8 Å². The molecule has 0 aromatic carbocycles. The van der Waals surface area contributed by atoms with Crippen LogP contribution < -0.4 is 5.32 Å². The van der Waals surface area contributed by atoms with Gasteiger partial charge in [-0.3, -0.25) is 4.90 Å². The van der Waals surface area contributed by atoms with Gasteiger partial charge in [0, 0.05) is 19.6 Å². The molecule has 1 N–H and O–H groups in total. The molecular weight excluding hydrogens is 196 g/mol. The molecule has 1 saturated heterocycles. The highest BCUT2D eigenvalue weighted by Crippen LogP contribution is 2.35. The first-order valence-electron chi connectivity index (χ1n) is 6.57. The molecule has 94 valence electrons. The van der Waals surface area contributed by atoms with Crippen molar-refractivity contribution in [2.24, 2.45) is 11.3 Å². The Kier molecular flexibility index (Phi) is 5.00. The maximum atomic E-state index is 4.03. The van der Waals surface area contributed by atoms with Crippen molar-refractivity contribution in [1.82, 2.24) is 10.2 Å². The largest absolute Gasteiger partial charge is 0.316 e. The quantitative estimate of drug-likeness (QED) is 0.697. The van der Waals surface area contributed by atoms with Gasteiger partial charge in [0.25, 0.3) is 0 Å². The predicted molar refractivity (Wildman–Crippen MR) is 71.7 cm³/mol. The lowest BCUT2D eigenvalue weighted by atomic mass is 9.76. The average molecular weight is 224 g/mol. The van der Waals surface area contributed by atoms with Crippen molar-refractivity contribution in [2.45, 2.75) is 34.1 Å². The minimum Gasteiger partial charge on any atom is -0.316 e. The second kappa shape index (κ2) is 5.83. The van der Waals surface area contributed by atoms with Crippen LogP contribution in [-0.2, 0) is 0 Å². The van der Waals surface area contributed by atoms with Crippen LogP contribution >= 0.6 is 0 Å². The zero-order chi connectivity index (χ0) is 12.2. The van der Waals surface area contributed by atoms with E-state index in [1.165, 1.54) is 31.6 Å². The lowest BCUT2D eigenvalue weighted by Gasteiger charge is -2.38. The van der Waals surface area contributed by atoms with Crippen molar-refractivity contribution in [3.63, 3.8) is 0 Å². The van der Waals surface area contributed by atoms with Crippen LogP contribution in [0.3, 0.4) is 0 Å². The van der Waals surface area contributed by atoms with Crippen LogP contribution in [0.5, 0.6) is 0 Å². The van der Waals surface area contributed by atoms with Crippen molar-refractivity contribution in [1.29, 1.82) is 0 Å². The van der Waals surface area contributed by atoms with Gasteiger partial charge in [0.05, 0.1) is 0 Å². The molecular formula is C14H28N2. The van der Waals surface area contributed by atoms with Crippen molar-refractivity contribution >= 4 is 0 Å². The molecule has 0 aromatic rings. The van der Waals surface area contributed by atoms with Crippen molar-refractivity contribution in [2.75, 3.05) is 32.7 Å². The van der Waals surface area contributed by atoms with Gasteiger partial charge in [0.2, 0.25) is 0 Å². The Balaban J connectivity index is 2.62. The molecule has 1 aliphatic rings.